The van der Waals surface area contributed by atoms with E-state index in [1.165, 1.54) is 45.1 Å². The summed E-state index contributed by atoms with van der Waals surface area (Å²) in [7, 11) is 0. The number of allylic oxidation sites excluding steroid dienone is 8. The molecule has 25 heavy (non-hydrogen) atoms. The van der Waals surface area contributed by atoms with Crippen molar-refractivity contribution < 1.29 is 0 Å². The maximum Gasteiger partial charge on any atom is 0.0101 e. The molecule has 3 aliphatic carbocycles. The molecule has 0 amide bonds. The molecule has 4 aliphatic rings. The average molecular weight is 338 g/mol. The van der Waals surface area contributed by atoms with Crippen molar-refractivity contribution >= 4 is 0 Å². The summed E-state index contributed by atoms with van der Waals surface area (Å²) in [5.41, 5.74) is 1.59. The van der Waals surface area contributed by atoms with Gasteiger partial charge in [-0.1, -0.05) is 56.4 Å². The van der Waals surface area contributed by atoms with Gasteiger partial charge in [-0.15, -0.1) is 0 Å². The van der Waals surface area contributed by atoms with E-state index in [0.29, 0.717) is 5.92 Å². The van der Waals surface area contributed by atoms with Gasteiger partial charge in [-0.05, 0) is 80.2 Å². The van der Waals surface area contributed by atoms with Crippen LogP contribution in [0.5, 0.6) is 0 Å². The maximum absolute atomic E-state index is 3.97. The first-order chi connectivity index (χ1) is 12.2. The summed E-state index contributed by atoms with van der Waals surface area (Å²) < 4.78 is 0. The summed E-state index contributed by atoms with van der Waals surface area (Å²) in [6.07, 6.45) is 24.8. The molecule has 6 atom stereocenters. The molecule has 1 aliphatic heterocycles. The monoisotopic (exact) mass is 337 g/mol. The van der Waals surface area contributed by atoms with Crippen LogP contribution in [0.2, 0.25) is 0 Å². The predicted molar refractivity (Wildman–Crippen MR) is 107 cm³/mol. The van der Waals surface area contributed by atoms with E-state index in [2.05, 4.69) is 61.7 Å². The SMILES string of the molecule is CC(C)C1CNC(C2CC=CCC2)CC1C1C=C2C=CC=CC2CC1. The van der Waals surface area contributed by atoms with Crippen molar-refractivity contribution in [2.24, 2.45) is 35.5 Å². The highest BCUT2D eigenvalue weighted by Crippen LogP contribution is 2.44. The molecular weight excluding hydrogens is 302 g/mol. The van der Waals surface area contributed by atoms with E-state index < -0.39 is 0 Å². The number of piperidine rings is 1. The number of hydrogen-bond acceptors (Lipinski definition) is 1. The fourth-order valence-electron chi connectivity index (χ4n) is 5.84. The summed E-state index contributed by atoms with van der Waals surface area (Å²) in [5, 5.41) is 3.97. The third-order valence-corrected chi connectivity index (χ3v) is 7.37. The molecular formula is C24H35N. The molecule has 6 unspecified atom stereocenters. The molecule has 1 heterocycles. The van der Waals surface area contributed by atoms with E-state index >= 15 is 0 Å². The van der Waals surface area contributed by atoms with Crippen molar-refractivity contribution in [2.75, 3.05) is 6.54 Å². The Kier molecular flexibility index (Phi) is 5.31. The number of fused-ring (bicyclic) bond motifs is 1. The summed E-state index contributed by atoms with van der Waals surface area (Å²) in [6, 6.07) is 0.739. The van der Waals surface area contributed by atoms with E-state index in [4.69, 9.17) is 0 Å². The normalized spacial score (nSPS) is 40.8. The molecule has 0 aromatic rings. The Labute approximate surface area is 154 Å². The molecule has 1 N–H and O–H groups in total. The van der Waals surface area contributed by atoms with Gasteiger partial charge in [-0.25, -0.2) is 0 Å². The fraction of sp³-hybridized carbons (Fsp3) is 0.667. The second kappa shape index (κ2) is 7.66. The Bertz CT molecular complexity index is 579. The molecule has 1 nitrogen and oxygen atoms in total. The molecule has 4 rings (SSSR count). The van der Waals surface area contributed by atoms with Crippen LogP contribution in [0.1, 0.15) is 52.4 Å². The minimum absolute atomic E-state index is 0.694. The highest BCUT2D eigenvalue weighted by molar-refractivity contribution is 5.35. The van der Waals surface area contributed by atoms with Crippen LogP contribution in [-0.2, 0) is 0 Å². The summed E-state index contributed by atoms with van der Waals surface area (Å²) in [6.45, 7) is 6.10. The Hall–Kier alpha value is -1.08. The minimum atomic E-state index is 0.694. The third kappa shape index (κ3) is 3.72. The van der Waals surface area contributed by atoms with Crippen molar-refractivity contribution in [2.45, 2.75) is 58.4 Å². The summed E-state index contributed by atoms with van der Waals surface area (Å²) in [5.74, 6) is 4.82. The van der Waals surface area contributed by atoms with Gasteiger partial charge < -0.3 is 5.32 Å². The zero-order valence-corrected chi connectivity index (χ0v) is 16.0. The molecule has 1 heteroatoms. The first-order valence-corrected chi connectivity index (χ1v) is 10.7. The molecule has 1 saturated heterocycles. The lowest BCUT2D eigenvalue weighted by molar-refractivity contribution is 0.0950. The quantitative estimate of drug-likeness (QED) is 0.654. The number of nitrogens with one attached hydrogen (secondary N) is 1. The van der Waals surface area contributed by atoms with Gasteiger partial charge in [-0.3, -0.25) is 0 Å². The fourth-order valence-corrected chi connectivity index (χ4v) is 5.84. The van der Waals surface area contributed by atoms with Crippen molar-refractivity contribution in [3.05, 3.63) is 48.1 Å². The average Bonchev–Trinajstić information content (AvgIpc) is 2.67. The van der Waals surface area contributed by atoms with Gasteiger partial charge in [0, 0.05) is 12.0 Å². The second-order valence-electron chi connectivity index (χ2n) is 9.13. The molecule has 0 aromatic carbocycles. The predicted octanol–water partition coefficient (Wildman–Crippen LogP) is 5.67. The van der Waals surface area contributed by atoms with Crippen molar-refractivity contribution in [1.82, 2.24) is 5.32 Å². The zero-order chi connectivity index (χ0) is 17.2. The van der Waals surface area contributed by atoms with Gasteiger partial charge in [-0.2, -0.15) is 0 Å². The van der Waals surface area contributed by atoms with E-state index in [1.54, 1.807) is 5.57 Å². The topological polar surface area (TPSA) is 12.0 Å². The van der Waals surface area contributed by atoms with Gasteiger partial charge >= 0.3 is 0 Å². The summed E-state index contributed by atoms with van der Waals surface area (Å²) >= 11 is 0. The van der Waals surface area contributed by atoms with Gasteiger partial charge in [0.05, 0.1) is 0 Å². The maximum atomic E-state index is 3.97. The van der Waals surface area contributed by atoms with E-state index in [9.17, 15) is 0 Å². The highest BCUT2D eigenvalue weighted by atomic mass is 14.9. The first kappa shape index (κ1) is 17.3. The molecule has 0 bridgehead atoms. The zero-order valence-electron chi connectivity index (χ0n) is 16.0. The Balaban J connectivity index is 1.52. The van der Waals surface area contributed by atoms with Crippen molar-refractivity contribution in [3.63, 3.8) is 0 Å². The standard InChI is InChI=1S/C24H35N/c1-17(2)23-16-25-24(19-9-4-3-5-10-19)15-22(23)21-13-12-18-8-6-7-11-20(18)14-21/h3-4,6-8,11,14,17-19,21-25H,5,9-10,12-13,15-16H2,1-2H3. The van der Waals surface area contributed by atoms with Gasteiger partial charge in [0.1, 0.15) is 0 Å². The molecule has 1 fully saturated rings. The van der Waals surface area contributed by atoms with E-state index in [0.717, 1.165) is 35.6 Å². The number of hydrogen-bond donors (Lipinski definition) is 1. The van der Waals surface area contributed by atoms with Crippen LogP contribution >= 0.6 is 0 Å². The van der Waals surface area contributed by atoms with E-state index in [-0.39, 0.29) is 0 Å². The van der Waals surface area contributed by atoms with Crippen LogP contribution in [0, 0.1) is 35.5 Å². The molecule has 0 radical (unpaired) electrons. The van der Waals surface area contributed by atoms with Crippen LogP contribution in [-0.4, -0.2) is 12.6 Å². The Morgan fingerprint density at radius 3 is 2.80 bits per heavy atom. The highest BCUT2D eigenvalue weighted by Gasteiger charge is 2.39. The largest absolute Gasteiger partial charge is 0.313 e. The van der Waals surface area contributed by atoms with Gasteiger partial charge in [0.15, 0.2) is 0 Å². The number of rotatable bonds is 3. The second-order valence-corrected chi connectivity index (χ2v) is 9.13. The molecule has 136 valence electrons. The molecule has 0 aromatic heterocycles. The van der Waals surface area contributed by atoms with Crippen molar-refractivity contribution in [1.29, 1.82) is 0 Å². The lowest BCUT2D eigenvalue weighted by Gasteiger charge is -2.46. The smallest absolute Gasteiger partial charge is 0.0101 e. The van der Waals surface area contributed by atoms with Crippen LogP contribution in [0.15, 0.2) is 48.1 Å². The lowest BCUT2D eigenvalue weighted by atomic mass is 9.64. The third-order valence-electron chi connectivity index (χ3n) is 7.37. The van der Waals surface area contributed by atoms with Gasteiger partial charge in [0.2, 0.25) is 0 Å². The molecule has 0 spiro atoms. The first-order valence-electron chi connectivity index (χ1n) is 10.7. The van der Waals surface area contributed by atoms with Crippen molar-refractivity contribution in [3.8, 4) is 0 Å². The summed E-state index contributed by atoms with van der Waals surface area (Å²) in [4.78, 5) is 0. The Morgan fingerprint density at radius 2 is 2.00 bits per heavy atom. The van der Waals surface area contributed by atoms with Crippen LogP contribution in [0.25, 0.3) is 0 Å². The Morgan fingerprint density at radius 1 is 1.08 bits per heavy atom. The van der Waals surface area contributed by atoms with Crippen LogP contribution < -0.4 is 5.32 Å². The molecule has 0 saturated carbocycles. The van der Waals surface area contributed by atoms with Gasteiger partial charge in [0.25, 0.3) is 0 Å². The van der Waals surface area contributed by atoms with Crippen LogP contribution in [0.3, 0.4) is 0 Å². The van der Waals surface area contributed by atoms with Crippen LogP contribution in [0.4, 0.5) is 0 Å². The lowest BCUT2D eigenvalue weighted by Crippen LogP contribution is -2.51. The van der Waals surface area contributed by atoms with E-state index in [1.807, 2.05) is 0 Å². The minimum Gasteiger partial charge on any atom is -0.313 e.